The summed E-state index contributed by atoms with van der Waals surface area (Å²) in [6, 6.07) is 15.4. The van der Waals surface area contributed by atoms with Crippen molar-refractivity contribution >= 4 is 29.7 Å². The van der Waals surface area contributed by atoms with Gasteiger partial charge in [0.2, 0.25) is 0 Å². The van der Waals surface area contributed by atoms with Crippen LogP contribution in [0.3, 0.4) is 0 Å². The van der Waals surface area contributed by atoms with Crippen molar-refractivity contribution in [2.24, 2.45) is 0 Å². The number of hydrogen-bond acceptors (Lipinski definition) is 5. The molecule has 1 fully saturated rings. The average molecular weight is 519 g/mol. The SMILES string of the molecule is COc1cc(Cl)ccc1N1CCN(CCCn2cc(C)c(=O)n(Cc3ccccc3)c2=O)CC1.Cl. The molecule has 1 aromatic heterocycles. The summed E-state index contributed by atoms with van der Waals surface area (Å²) in [5, 5.41) is 0.666. The lowest BCUT2D eigenvalue weighted by Crippen LogP contribution is -2.47. The van der Waals surface area contributed by atoms with E-state index in [9.17, 15) is 9.59 Å². The van der Waals surface area contributed by atoms with Crippen LogP contribution in [0.5, 0.6) is 5.75 Å². The Labute approximate surface area is 216 Å². The fraction of sp³-hybridized carbons (Fsp3) is 0.385. The third-order valence-electron chi connectivity index (χ3n) is 6.32. The number of anilines is 1. The van der Waals surface area contributed by atoms with Gasteiger partial charge in [-0.3, -0.25) is 14.3 Å². The fourth-order valence-electron chi connectivity index (χ4n) is 4.45. The highest BCUT2D eigenvalue weighted by Crippen LogP contribution is 2.31. The first-order chi connectivity index (χ1) is 16.5. The van der Waals surface area contributed by atoms with Gasteiger partial charge in [-0.2, -0.15) is 0 Å². The van der Waals surface area contributed by atoms with Crippen LogP contribution in [-0.4, -0.2) is 53.9 Å². The van der Waals surface area contributed by atoms with Crippen molar-refractivity contribution in [3.63, 3.8) is 0 Å². The van der Waals surface area contributed by atoms with Crippen LogP contribution in [0.15, 0.2) is 64.3 Å². The summed E-state index contributed by atoms with van der Waals surface area (Å²) in [4.78, 5) is 30.3. The van der Waals surface area contributed by atoms with Gasteiger partial charge in [0, 0.05) is 55.6 Å². The molecule has 4 rings (SSSR count). The van der Waals surface area contributed by atoms with E-state index in [0.717, 1.165) is 56.1 Å². The molecule has 2 heterocycles. The van der Waals surface area contributed by atoms with Crippen molar-refractivity contribution in [3.05, 3.63) is 91.7 Å². The van der Waals surface area contributed by atoms with Crippen molar-refractivity contribution in [1.82, 2.24) is 14.0 Å². The lowest BCUT2D eigenvalue weighted by atomic mass is 10.2. The number of benzene rings is 2. The lowest BCUT2D eigenvalue weighted by molar-refractivity contribution is 0.249. The molecular weight excluding hydrogens is 487 g/mol. The first-order valence-corrected chi connectivity index (χ1v) is 12.0. The maximum absolute atomic E-state index is 13.0. The van der Waals surface area contributed by atoms with Crippen LogP contribution in [0.1, 0.15) is 17.5 Å². The number of rotatable bonds is 8. The number of ether oxygens (including phenoxy) is 1. The zero-order valence-electron chi connectivity index (χ0n) is 20.2. The van der Waals surface area contributed by atoms with Crippen LogP contribution in [0.4, 0.5) is 5.69 Å². The van der Waals surface area contributed by atoms with Gasteiger partial charge in [0.25, 0.3) is 5.56 Å². The minimum absolute atomic E-state index is 0. The summed E-state index contributed by atoms with van der Waals surface area (Å²) < 4.78 is 8.51. The maximum atomic E-state index is 13.0. The average Bonchev–Trinajstić information content (AvgIpc) is 2.86. The second-order valence-electron chi connectivity index (χ2n) is 8.66. The molecule has 0 radical (unpaired) electrons. The van der Waals surface area contributed by atoms with E-state index in [1.165, 1.54) is 4.57 Å². The molecule has 3 aromatic rings. The van der Waals surface area contributed by atoms with Gasteiger partial charge in [0.1, 0.15) is 5.75 Å². The number of aromatic nitrogens is 2. The molecule has 0 spiro atoms. The fourth-order valence-corrected chi connectivity index (χ4v) is 4.62. The molecular formula is C26H32Cl2N4O3. The van der Waals surface area contributed by atoms with Gasteiger partial charge in [-0.05, 0) is 37.6 Å². The Morgan fingerprint density at radius 2 is 1.69 bits per heavy atom. The van der Waals surface area contributed by atoms with Crippen LogP contribution >= 0.6 is 24.0 Å². The second kappa shape index (κ2) is 12.3. The van der Waals surface area contributed by atoms with E-state index in [1.807, 2.05) is 48.5 Å². The van der Waals surface area contributed by atoms with Gasteiger partial charge in [0.05, 0.1) is 19.3 Å². The van der Waals surface area contributed by atoms with Crippen molar-refractivity contribution in [2.75, 3.05) is 44.7 Å². The molecule has 1 aliphatic heterocycles. The number of hydrogen-bond donors (Lipinski definition) is 0. The number of aryl methyl sites for hydroxylation is 2. The summed E-state index contributed by atoms with van der Waals surface area (Å²) in [5.41, 5.74) is 2.11. The molecule has 0 unspecified atom stereocenters. The highest BCUT2D eigenvalue weighted by Gasteiger charge is 2.20. The van der Waals surface area contributed by atoms with E-state index in [-0.39, 0.29) is 30.2 Å². The minimum atomic E-state index is -0.251. The van der Waals surface area contributed by atoms with E-state index in [2.05, 4.69) is 9.80 Å². The predicted octanol–water partition coefficient (Wildman–Crippen LogP) is 3.66. The normalized spacial score (nSPS) is 14.0. The van der Waals surface area contributed by atoms with E-state index in [0.29, 0.717) is 17.1 Å². The Bertz CT molecular complexity index is 1240. The zero-order chi connectivity index (χ0) is 24.1. The van der Waals surface area contributed by atoms with Crippen LogP contribution in [0.2, 0.25) is 5.02 Å². The van der Waals surface area contributed by atoms with Crippen LogP contribution in [0, 0.1) is 6.92 Å². The van der Waals surface area contributed by atoms with Gasteiger partial charge in [-0.15, -0.1) is 12.4 Å². The smallest absolute Gasteiger partial charge is 0.331 e. The maximum Gasteiger partial charge on any atom is 0.331 e. The minimum Gasteiger partial charge on any atom is -0.495 e. The monoisotopic (exact) mass is 518 g/mol. The van der Waals surface area contributed by atoms with E-state index in [4.69, 9.17) is 16.3 Å². The van der Waals surface area contributed by atoms with Crippen molar-refractivity contribution in [1.29, 1.82) is 0 Å². The van der Waals surface area contributed by atoms with Crippen molar-refractivity contribution in [3.8, 4) is 5.75 Å². The third-order valence-corrected chi connectivity index (χ3v) is 6.56. The summed E-state index contributed by atoms with van der Waals surface area (Å²) in [6.07, 6.45) is 2.53. The number of methoxy groups -OCH3 is 1. The van der Waals surface area contributed by atoms with Gasteiger partial charge in [-0.25, -0.2) is 4.79 Å². The largest absolute Gasteiger partial charge is 0.495 e. The molecule has 1 saturated heterocycles. The number of halogens is 2. The Hall–Kier alpha value is -2.74. The third kappa shape index (κ3) is 6.48. The highest BCUT2D eigenvalue weighted by atomic mass is 35.5. The van der Waals surface area contributed by atoms with E-state index >= 15 is 0 Å². The second-order valence-corrected chi connectivity index (χ2v) is 9.10. The lowest BCUT2D eigenvalue weighted by Gasteiger charge is -2.36. The molecule has 0 N–H and O–H groups in total. The van der Waals surface area contributed by atoms with Gasteiger partial charge in [0.15, 0.2) is 0 Å². The molecule has 9 heteroatoms. The van der Waals surface area contributed by atoms with E-state index < -0.39 is 0 Å². The molecule has 7 nitrogen and oxygen atoms in total. The van der Waals surface area contributed by atoms with E-state index in [1.54, 1.807) is 24.8 Å². The van der Waals surface area contributed by atoms with Crippen molar-refractivity contribution in [2.45, 2.75) is 26.4 Å². The molecule has 35 heavy (non-hydrogen) atoms. The molecule has 188 valence electrons. The Balaban J connectivity index is 0.00000342. The topological polar surface area (TPSA) is 59.7 Å². The predicted molar refractivity (Wildman–Crippen MR) is 144 cm³/mol. The molecule has 1 aliphatic rings. The Morgan fingerprint density at radius 1 is 0.971 bits per heavy atom. The summed E-state index contributed by atoms with van der Waals surface area (Å²) in [6.45, 7) is 7.22. The van der Waals surface area contributed by atoms with Crippen molar-refractivity contribution < 1.29 is 4.74 Å². The van der Waals surface area contributed by atoms with Crippen LogP contribution in [0.25, 0.3) is 0 Å². The standard InChI is InChI=1S/C26H31ClN4O3.ClH/c1-20-18-30(26(33)31(25(20)32)19-21-7-4-3-5-8-21)12-6-11-28-13-15-29(16-14-28)23-10-9-22(27)17-24(23)34-2;/h3-5,7-10,17-18H,6,11-16,19H2,1-2H3;1H. The molecule has 0 atom stereocenters. The molecule has 0 bridgehead atoms. The Morgan fingerprint density at radius 3 is 2.37 bits per heavy atom. The first kappa shape index (κ1) is 26.9. The highest BCUT2D eigenvalue weighted by molar-refractivity contribution is 6.30. The molecule has 2 aromatic carbocycles. The molecule has 0 aliphatic carbocycles. The first-order valence-electron chi connectivity index (χ1n) is 11.6. The number of piperazine rings is 1. The van der Waals surface area contributed by atoms with Gasteiger partial charge < -0.3 is 14.2 Å². The zero-order valence-corrected chi connectivity index (χ0v) is 21.7. The van der Waals surface area contributed by atoms with Gasteiger partial charge >= 0.3 is 5.69 Å². The van der Waals surface area contributed by atoms with Crippen LogP contribution < -0.4 is 20.9 Å². The van der Waals surface area contributed by atoms with Crippen LogP contribution in [-0.2, 0) is 13.1 Å². The summed E-state index contributed by atoms with van der Waals surface area (Å²) >= 11 is 6.10. The quantitative estimate of drug-likeness (QED) is 0.455. The molecule has 0 saturated carbocycles. The van der Waals surface area contributed by atoms with Gasteiger partial charge in [-0.1, -0.05) is 41.9 Å². The Kier molecular flexibility index (Phi) is 9.43. The summed E-state index contributed by atoms with van der Waals surface area (Å²) in [5.74, 6) is 0.793. The summed E-state index contributed by atoms with van der Waals surface area (Å²) in [7, 11) is 1.66. The number of nitrogens with zero attached hydrogens (tertiary/aromatic N) is 4. The molecule has 0 amide bonds.